The van der Waals surface area contributed by atoms with Crippen molar-refractivity contribution in [2.45, 2.75) is 26.7 Å². The Hall–Kier alpha value is -1.23. The Bertz CT molecular complexity index is 651. The summed E-state index contributed by atoms with van der Waals surface area (Å²) in [4.78, 5) is 24.9. The summed E-state index contributed by atoms with van der Waals surface area (Å²) in [5.74, 6) is -1.03. The zero-order chi connectivity index (χ0) is 13.9. The summed E-state index contributed by atoms with van der Waals surface area (Å²) in [7, 11) is -3.21. The van der Waals surface area contributed by atoms with Crippen LogP contribution in [0.15, 0.2) is 22.1 Å². The second-order valence-electron chi connectivity index (χ2n) is 5.79. The Morgan fingerprint density at radius 1 is 1.16 bits per heavy atom. The van der Waals surface area contributed by atoms with Gasteiger partial charge in [-0.2, -0.15) is 0 Å². The van der Waals surface area contributed by atoms with E-state index in [4.69, 9.17) is 0 Å². The molecule has 0 aromatic heterocycles. The molecule has 1 heterocycles. The second kappa shape index (κ2) is 3.88. The topological polar surface area (TPSA) is 68.3 Å². The summed E-state index contributed by atoms with van der Waals surface area (Å²) in [6.45, 7) is 3.43. The smallest absolute Gasteiger partial charge is 0.174 e. The van der Waals surface area contributed by atoms with E-state index in [0.717, 1.165) is 5.57 Å². The van der Waals surface area contributed by atoms with Crippen molar-refractivity contribution < 1.29 is 18.0 Å². The standard InChI is InChI=1S/C14H16O4S/c1-7-6-11(15)10-5-8(2)14-9(12(10)13(7)16)3-4-19(14,17)18/h6,9-10,12H,3-5H2,1-2H3/t9-,10+,12-/m1/s1. The molecule has 4 nitrogen and oxygen atoms in total. The van der Waals surface area contributed by atoms with Crippen LogP contribution in [0.1, 0.15) is 26.7 Å². The fourth-order valence-electron chi connectivity index (χ4n) is 3.81. The quantitative estimate of drug-likeness (QED) is 0.673. The van der Waals surface area contributed by atoms with Gasteiger partial charge in [0.05, 0.1) is 5.75 Å². The number of allylic oxidation sites excluding steroid dienone is 4. The zero-order valence-electron chi connectivity index (χ0n) is 11.0. The molecule has 102 valence electrons. The maximum absolute atomic E-state index is 12.3. The number of fused-ring (bicyclic) bond motifs is 3. The van der Waals surface area contributed by atoms with E-state index in [0.29, 0.717) is 23.3 Å². The molecular formula is C14H16O4S. The molecule has 0 spiro atoms. The highest BCUT2D eigenvalue weighted by atomic mass is 32.2. The third kappa shape index (κ3) is 1.67. The number of Topliss-reactive ketones (excluding diaryl/α,β-unsaturated/α-hetero) is 1. The molecule has 0 aromatic carbocycles. The van der Waals surface area contributed by atoms with Gasteiger partial charge >= 0.3 is 0 Å². The van der Waals surface area contributed by atoms with Crippen LogP contribution in [0.4, 0.5) is 0 Å². The maximum atomic E-state index is 12.3. The van der Waals surface area contributed by atoms with Gasteiger partial charge in [0.2, 0.25) is 0 Å². The highest BCUT2D eigenvalue weighted by Gasteiger charge is 2.51. The van der Waals surface area contributed by atoms with Crippen molar-refractivity contribution in [3.05, 3.63) is 22.1 Å². The van der Waals surface area contributed by atoms with E-state index in [-0.39, 0.29) is 29.2 Å². The van der Waals surface area contributed by atoms with Crippen LogP contribution < -0.4 is 0 Å². The summed E-state index contributed by atoms with van der Waals surface area (Å²) in [5.41, 5.74) is 1.24. The van der Waals surface area contributed by atoms with Crippen molar-refractivity contribution in [2.75, 3.05) is 5.75 Å². The first-order chi connectivity index (χ1) is 8.83. The fourth-order valence-corrected chi connectivity index (χ4v) is 5.94. The minimum Gasteiger partial charge on any atom is -0.294 e. The molecule has 19 heavy (non-hydrogen) atoms. The molecule has 0 unspecified atom stereocenters. The molecule has 0 saturated carbocycles. The van der Waals surface area contributed by atoms with Crippen LogP contribution in [0.2, 0.25) is 0 Å². The molecule has 0 radical (unpaired) electrons. The van der Waals surface area contributed by atoms with Crippen LogP contribution >= 0.6 is 0 Å². The van der Waals surface area contributed by atoms with Gasteiger partial charge in [0, 0.05) is 22.7 Å². The molecular weight excluding hydrogens is 264 g/mol. The van der Waals surface area contributed by atoms with Gasteiger partial charge in [-0.3, -0.25) is 9.59 Å². The highest BCUT2D eigenvalue weighted by molar-refractivity contribution is 7.95. The average molecular weight is 280 g/mol. The predicted molar refractivity (Wildman–Crippen MR) is 70.0 cm³/mol. The van der Waals surface area contributed by atoms with Gasteiger partial charge in [-0.25, -0.2) is 8.42 Å². The minimum absolute atomic E-state index is 0.0233. The van der Waals surface area contributed by atoms with E-state index < -0.39 is 15.8 Å². The van der Waals surface area contributed by atoms with Gasteiger partial charge in [-0.1, -0.05) is 5.57 Å². The molecule has 1 saturated heterocycles. The number of sulfone groups is 1. The number of hydrogen-bond donors (Lipinski definition) is 0. The van der Waals surface area contributed by atoms with Gasteiger partial charge < -0.3 is 0 Å². The number of carbonyl (C=O) groups is 2. The van der Waals surface area contributed by atoms with E-state index in [9.17, 15) is 18.0 Å². The van der Waals surface area contributed by atoms with Crippen molar-refractivity contribution in [3.8, 4) is 0 Å². The molecule has 5 heteroatoms. The van der Waals surface area contributed by atoms with Gasteiger partial charge in [-0.05, 0) is 38.3 Å². The molecule has 0 amide bonds. The van der Waals surface area contributed by atoms with Crippen LogP contribution in [-0.4, -0.2) is 25.7 Å². The summed E-state index contributed by atoms with van der Waals surface area (Å²) in [6, 6.07) is 0. The predicted octanol–water partition coefficient (Wildman–Crippen LogP) is 1.43. The van der Waals surface area contributed by atoms with E-state index in [2.05, 4.69) is 0 Å². The van der Waals surface area contributed by atoms with Gasteiger partial charge in [0.15, 0.2) is 21.4 Å². The van der Waals surface area contributed by atoms with E-state index in [1.54, 1.807) is 13.8 Å². The largest absolute Gasteiger partial charge is 0.294 e. The van der Waals surface area contributed by atoms with Crippen LogP contribution in [0.25, 0.3) is 0 Å². The Morgan fingerprint density at radius 2 is 1.84 bits per heavy atom. The number of ketones is 2. The SMILES string of the molecule is CC1=CC(=O)[C@@H]2CC(C)=C3[C@H](CCS3(=O)=O)[C@H]2C1=O. The normalized spacial score (nSPS) is 36.9. The Morgan fingerprint density at radius 3 is 2.53 bits per heavy atom. The van der Waals surface area contributed by atoms with E-state index >= 15 is 0 Å². The third-order valence-corrected chi connectivity index (χ3v) is 6.69. The first-order valence-corrected chi connectivity index (χ1v) is 8.17. The van der Waals surface area contributed by atoms with E-state index in [1.165, 1.54) is 6.08 Å². The van der Waals surface area contributed by atoms with Crippen LogP contribution in [-0.2, 0) is 19.4 Å². The molecule has 1 fully saturated rings. The first kappa shape index (κ1) is 12.8. The van der Waals surface area contributed by atoms with Crippen LogP contribution in [0.3, 0.4) is 0 Å². The Kier molecular flexibility index (Phi) is 2.61. The van der Waals surface area contributed by atoms with Crippen molar-refractivity contribution in [3.63, 3.8) is 0 Å². The molecule has 0 N–H and O–H groups in total. The third-order valence-electron chi connectivity index (χ3n) is 4.60. The highest BCUT2D eigenvalue weighted by Crippen LogP contribution is 2.49. The maximum Gasteiger partial charge on any atom is 0.174 e. The van der Waals surface area contributed by atoms with Gasteiger partial charge in [0.25, 0.3) is 0 Å². The van der Waals surface area contributed by atoms with Crippen molar-refractivity contribution in [1.82, 2.24) is 0 Å². The summed E-state index contributed by atoms with van der Waals surface area (Å²) < 4.78 is 24.2. The second-order valence-corrected chi connectivity index (χ2v) is 7.87. The molecule has 3 atom stereocenters. The van der Waals surface area contributed by atoms with Crippen molar-refractivity contribution >= 4 is 21.4 Å². The lowest BCUT2D eigenvalue weighted by Crippen LogP contribution is -2.41. The molecule has 3 aliphatic rings. The number of rotatable bonds is 0. The average Bonchev–Trinajstić information content (AvgIpc) is 2.63. The summed E-state index contributed by atoms with van der Waals surface area (Å²) in [5, 5.41) is 0. The number of hydrogen-bond acceptors (Lipinski definition) is 4. The molecule has 0 aromatic rings. The molecule has 0 bridgehead atoms. The summed E-state index contributed by atoms with van der Waals surface area (Å²) in [6.07, 6.45) is 2.30. The lowest BCUT2D eigenvalue weighted by atomic mass is 9.65. The Balaban J connectivity index is 2.16. The van der Waals surface area contributed by atoms with Crippen molar-refractivity contribution in [2.24, 2.45) is 17.8 Å². The fraction of sp³-hybridized carbons (Fsp3) is 0.571. The lowest BCUT2D eigenvalue weighted by molar-refractivity contribution is -0.131. The number of carbonyl (C=O) groups excluding carboxylic acids is 2. The summed E-state index contributed by atoms with van der Waals surface area (Å²) >= 11 is 0. The Labute approximate surface area is 112 Å². The van der Waals surface area contributed by atoms with Crippen molar-refractivity contribution in [1.29, 1.82) is 0 Å². The van der Waals surface area contributed by atoms with Gasteiger partial charge in [0.1, 0.15) is 0 Å². The minimum atomic E-state index is -3.21. The molecule has 3 rings (SSSR count). The first-order valence-electron chi connectivity index (χ1n) is 6.51. The molecule has 2 aliphatic carbocycles. The monoisotopic (exact) mass is 280 g/mol. The lowest BCUT2D eigenvalue weighted by Gasteiger charge is -2.37. The van der Waals surface area contributed by atoms with Crippen LogP contribution in [0, 0.1) is 17.8 Å². The molecule has 1 aliphatic heterocycles. The zero-order valence-corrected chi connectivity index (χ0v) is 11.8. The van der Waals surface area contributed by atoms with E-state index in [1.807, 2.05) is 0 Å². The van der Waals surface area contributed by atoms with Gasteiger partial charge in [-0.15, -0.1) is 0 Å². The van der Waals surface area contributed by atoms with Crippen LogP contribution in [0.5, 0.6) is 0 Å².